The fourth-order valence-corrected chi connectivity index (χ4v) is 1.60. The van der Waals surface area contributed by atoms with E-state index in [-0.39, 0.29) is 5.69 Å². The molecule has 0 bridgehead atoms. The first-order valence-corrected chi connectivity index (χ1v) is 6.23. The van der Waals surface area contributed by atoms with Gasteiger partial charge in [0.05, 0.1) is 4.92 Å². The van der Waals surface area contributed by atoms with Gasteiger partial charge in [-0.05, 0) is 24.3 Å². The Kier molecular flexibility index (Phi) is 4.66. The van der Waals surface area contributed by atoms with Crippen molar-refractivity contribution in [3.05, 3.63) is 70.3 Å². The van der Waals surface area contributed by atoms with Crippen LogP contribution in [0.15, 0.2) is 54.6 Å². The van der Waals surface area contributed by atoms with Crippen LogP contribution in [0.3, 0.4) is 0 Å². The lowest BCUT2D eigenvalue weighted by molar-refractivity contribution is -0.384. The van der Waals surface area contributed by atoms with Gasteiger partial charge in [-0.15, -0.1) is 0 Å². The molecule has 22 heavy (non-hydrogen) atoms. The van der Waals surface area contributed by atoms with Crippen molar-refractivity contribution in [2.75, 3.05) is 5.32 Å². The molecule has 0 unspecified atom stereocenters. The number of amides is 3. The maximum atomic E-state index is 11.7. The zero-order valence-electron chi connectivity index (χ0n) is 11.3. The summed E-state index contributed by atoms with van der Waals surface area (Å²) in [4.78, 5) is 33.3. The second-order valence-electron chi connectivity index (χ2n) is 4.20. The molecule has 0 aliphatic heterocycles. The zero-order chi connectivity index (χ0) is 15.9. The summed E-state index contributed by atoms with van der Waals surface area (Å²) in [6.45, 7) is 0. The number of urea groups is 1. The molecule has 2 aromatic carbocycles. The normalized spacial score (nSPS) is 9.64. The van der Waals surface area contributed by atoms with Crippen LogP contribution in [-0.4, -0.2) is 16.9 Å². The van der Waals surface area contributed by atoms with Gasteiger partial charge in [0, 0.05) is 23.4 Å². The predicted octanol–water partition coefficient (Wildman–Crippen LogP) is 2.06. The van der Waals surface area contributed by atoms with Crippen LogP contribution in [-0.2, 0) is 0 Å². The summed E-state index contributed by atoms with van der Waals surface area (Å²) in [6.07, 6.45) is 0. The quantitative estimate of drug-likeness (QED) is 0.594. The maximum absolute atomic E-state index is 11.7. The number of carbonyl (C=O) groups is 2. The molecular formula is C14H12N4O4. The van der Waals surface area contributed by atoms with Crippen molar-refractivity contribution in [2.24, 2.45) is 0 Å². The Morgan fingerprint density at radius 3 is 2.14 bits per heavy atom. The van der Waals surface area contributed by atoms with E-state index in [2.05, 4.69) is 16.2 Å². The first-order valence-electron chi connectivity index (χ1n) is 6.23. The van der Waals surface area contributed by atoms with Crippen LogP contribution in [0.4, 0.5) is 16.2 Å². The van der Waals surface area contributed by atoms with Gasteiger partial charge in [0.15, 0.2) is 0 Å². The Bertz CT molecular complexity index is 686. The van der Waals surface area contributed by atoms with Crippen molar-refractivity contribution in [3.8, 4) is 0 Å². The summed E-state index contributed by atoms with van der Waals surface area (Å²) in [5.41, 5.74) is 5.10. The SMILES string of the molecule is O=C(NNC(=O)c1ccccc1)Nc1ccc([N+](=O)[O-])cc1. The molecule has 8 nitrogen and oxygen atoms in total. The molecule has 2 aromatic rings. The molecule has 2 rings (SSSR count). The number of nitro groups is 1. The molecule has 0 fully saturated rings. The highest BCUT2D eigenvalue weighted by molar-refractivity contribution is 5.97. The Morgan fingerprint density at radius 2 is 1.55 bits per heavy atom. The van der Waals surface area contributed by atoms with Crippen LogP contribution >= 0.6 is 0 Å². The lowest BCUT2D eigenvalue weighted by Gasteiger charge is -2.08. The number of hydrazine groups is 1. The average molecular weight is 300 g/mol. The number of non-ortho nitro benzene ring substituents is 1. The molecule has 0 saturated heterocycles. The van der Waals surface area contributed by atoms with Gasteiger partial charge >= 0.3 is 6.03 Å². The molecule has 0 radical (unpaired) electrons. The fraction of sp³-hybridized carbons (Fsp3) is 0. The predicted molar refractivity (Wildman–Crippen MR) is 79.2 cm³/mol. The van der Waals surface area contributed by atoms with Gasteiger partial charge in [0.25, 0.3) is 11.6 Å². The first-order chi connectivity index (χ1) is 10.6. The number of nitro benzene ring substituents is 1. The standard InChI is InChI=1S/C14H12N4O4/c19-13(10-4-2-1-3-5-10)16-17-14(20)15-11-6-8-12(9-7-11)18(21)22/h1-9H,(H,16,19)(H2,15,17,20). The number of nitrogens with one attached hydrogen (secondary N) is 3. The Morgan fingerprint density at radius 1 is 0.909 bits per heavy atom. The summed E-state index contributed by atoms with van der Waals surface area (Å²) in [5, 5.41) is 12.9. The van der Waals surface area contributed by atoms with E-state index in [4.69, 9.17) is 0 Å². The van der Waals surface area contributed by atoms with Crippen molar-refractivity contribution in [1.82, 2.24) is 10.9 Å². The largest absolute Gasteiger partial charge is 0.337 e. The van der Waals surface area contributed by atoms with Gasteiger partial charge < -0.3 is 5.32 Å². The molecule has 0 heterocycles. The summed E-state index contributed by atoms with van der Waals surface area (Å²) in [6, 6.07) is 13.0. The van der Waals surface area contributed by atoms with Gasteiger partial charge in [-0.3, -0.25) is 20.3 Å². The number of hydrogen-bond acceptors (Lipinski definition) is 4. The fourth-order valence-electron chi connectivity index (χ4n) is 1.60. The molecule has 112 valence electrons. The van der Waals surface area contributed by atoms with E-state index in [9.17, 15) is 19.7 Å². The smallest absolute Gasteiger partial charge is 0.307 e. The lowest BCUT2D eigenvalue weighted by atomic mass is 10.2. The molecule has 0 aliphatic rings. The van der Waals surface area contributed by atoms with Crippen LogP contribution in [0.2, 0.25) is 0 Å². The van der Waals surface area contributed by atoms with Gasteiger partial charge in [0.2, 0.25) is 0 Å². The number of rotatable bonds is 3. The van der Waals surface area contributed by atoms with Crippen LogP contribution in [0.25, 0.3) is 0 Å². The van der Waals surface area contributed by atoms with Gasteiger partial charge in [-0.25, -0.2) is 10.2 Å². The van der Waals surface area contributed by atoms with Crippen LogP contribution in [0.1, 0.15) is 10.4 Å². The number of carbonyl (C=O) groups excluding carboxylic acids is 2. The number of nitrogens with zero attached hydrogens (tertiary/aromatic N) is 1. The summed E-state index contributed by atoms with van der Waals surface area (Å²) >= 11 is 0. The second kappa shape index (κ2) is 6.84. The summed E-state index contributed by atoms with van der Waals surface area (Å²) in [5.74, 6) is -0.459. The minimum atomic E-state index is -0.668. The van der Waals surface area contributed by atoms with E-state index in [0.717, 1.165) is 0 Å². The van der Waals surface area contributed by atoms with Crippen molar-refractivity contribution in [1.29, 1.82) is 0 Å². The highest BCUT2D eigenvalue weighted by atomic mass is 16.6. The Balaban J connectivity index is 1.85. The highest BCUT2D eigenvalue weighted by Crippen LogP contribution is 2.14. The molecular weight excluding hydrogens is 288 g/mol. The zero-order valence-corrected chi connectivity index (χ0v) is 11.3. The monoisotopic (exact) mass is 300 g/mol. The maximum Gasteiger partial charge on any atom is 0.337 e. The van der Waals surface area contributed by atoms with E-state index in [1.165, 1.54) is 24.3 Å². The van der Waals surface area contributed by atoms with Crippen molar-refractivity contribution < 1.29 is 14.5 Å². The first kappa shape index (κ1) is 15.0. The second-order valence-corrected chi connectivity index (χ2v) is 4.20. The number of hydrogen-bond donors (Lipinski definition) is 3. The summed E-state index contributed by atoms with van der Waals surface area (Å²) in [7, 11) is 0. The van der Waals surface area contributed by atoms with E-state index in [1.54, 1.807) is 30.3 Å². The van der Waals surface area contributed by atoms with Crippen molar-refractivity contribution >= 4 is 23.3 Å². The van der Waals surface area contributed by atoms with E-state index in [1.807, 2.05) is 0 Å². The van der Waals surface area contributed by atoms with Crippen LogP contribution < -0.4 is 16.2 Å². The minimum Gasteiger partial charge on any atom is -0.307 e. The van der Waals surface area contributed by atoms with Crippen LogP contribution in [0.5, 0.6) is 0 Å². The molecule has 3 N–H and O–H groups in total. The van der Waals surface area contributed by atoms with E-state index >= 15 is 0 Å². The van der Waals surface area contributed by atoms with Crippen molar-refractivity contribution in [3.63, 3.8) is 0 Å². The van der Waals surface area contributed by atoms with Crippen molar-refractivity contribution in [2.45, 2.75) is 0 Å². The average Bonchev–Trinajstić information content (AvgIpc) is 2.54. The molecule has 3 amide bonds. The number of benzene rings is 2. The molecule has 0 spiro atoms. The minimum absolute atomic E-state index is 0.0802. The third-order valence-corrected chi connectivity index (χ3v) is 2.66. The van der Waals surface area contributed by atoms with Gasteiger partial charge in [-0.1, -0.05) is 18.2 Å². The van der Waals surface area contributed by atoms with E-state index in [0.29, 0.717) is 11.3 Å². The number of anilines is 1. The Hall–Kier alpha value is -3.42. The van der Waals surface area contributed by atoms with Crippen LogP contribution in [0, 0.1) is 10.1 Å². The molecule has 0 aromatic heterocycles. The highest BCUT2D eigenvalue weighted by Gasteiger charge is 2.08. The van der Waals surface area contributed by atoms with E-state index < -0.39 is 16.9 Å². The topological polar surface area (TPSA) is 113 Å². The van der Waals surface area contributed by atoms with Gasteiger partial charge in [-0.2, -0.15) is 0 Å². The third-order valence-electron chi connectivity index (χ3n) is 2.66. The third kappa shape index (κ3) is 4.04. The Labute approximate surface area is 125 Å². The molecule has 8 heteroatoms. The molecule has 0 aliphatic carbocycles. The molecule has 0 saturated carbocycles. The summed E-state index contributed by atoms with van der Waals surface area (Å²) < 4.78 is 0. The molecule has 0 atom stereocenters. The lowest BCUT2D eigenvalue weighted by Crippen LogP contribution is -2.43. The van der Waals surface area contributed by atoms with Gasteiger partial charge in [0.1, 0.15) is 0 Å².